The number of rotatable bonds is 8. The van der Waals surface area contributed by atoms with Crippen LogP contribution in [0.3, 0.4) is 0 Å². The van der Waals surface area contributed by atoms with Crippen LogP contribution in [-0.4, -0.2) is 36.0 Å². The first-order chi connectivity index (χ1) is 15.4. The van der Waals surface area contributed by atoms with Gasteiger partial charge in [-0.15, -0.1) is 0 Å². The monoisotopic (exact) mass is 424 g/mol. The predicted octanol–water partition coefficient (Wildman–Crippen LogP) is 7.07. The van der Waals surface area contributed by atoms with E-state index in [-0.39, 0.29) is 0 Å². The molecule has 3 fully saturated rings. The molecule has 0 aromatic heterocycles. The van der Waals surface area contributed by atoms with Gasteiger partial charge in [0.25, 0.3) is 0 Å². The molecule has 1 heterocycles. The molecule has 0 unspecified atom stereocenters. The van der Waals surface area contributed by atoms with Crippen molar-refractivity contribution in [3.8, 4) is 11.1 Å². The molecule has 0 atom stereocenters. The van der Waals surface area contributed by atoms with Crippen molar-refractivity contribution in [3.05, 3.63) is 85.1 Å². The minimum atomic E-state index is 0.372. The van der Waals surface area contributed by atoms with Crippen LogP contribution in [0, 0.1) is 11.3 Å². The summed E-state index contributed by atoms with van der Waals surface area (Å²) in [5, 5.41) is 0. The molecule has 2 aliphatic carbocycles. The third kappa shape index (κ3) is 4.41. The number of nitrogens with zero attached hydrogens (tertiary/aromatic N) is 2. The maximum absolute atomic E-state index is 4.43. The second-order valence-corrected chi connectivity index (χ2v) is 10.3. The van der Waals surface area contributed by atoms with E-state index in [1.807, 2.05) is 0 Å². The molecule has 0 radical (unpaired) electrons. The lowest BCUT2D eigenvalue weighted by molar-refractivity contribution is 0.196. The van der Waals surface area contributed by atoms with Crippen molar-refractivity contribution in [2.75, 3.05) is 26.2 Å². The number of allylic oxidation sites excluding steroid dienone is 2. The Balaban J connectivity index is 1.21. The van der Waals surface area contributed by atoms with Gasteiger partial charge in [-0.2, -0.15) is 0 Å². The standard InChI is InChI=1S/C30H36N2/c1-22(20-25-8-9-25)28-6-5-7-29(21-28)27-12-10-26(11-13-27)23(2)31-16-18-32(19-17-31)24(3)30(4)14-15-30/h5-7,10-13,21,25H,1-3,8-9,14-20H2,4H3. The van der Waals surface area contributed by atoms with Gasteiger partial charge in [-0.25, -0.2) is 0 Å². The lowest BCUT2D eigenvalue weighted by atomic mass is 9.96. The van der Waals surface area contributed by atoms with E-state index in [0.717, 1.165) is 44.2 Å². The molecule has 2 aromatic rings. The maximum atomic E-state index is 4.43. The highest BCUT2D eigenvalue weighted by molar-refractivity contribution is 5.73. The molecule has 5 rings (SSSR count). The molecular weight excluding hydrogens is 388 g/mol. The summed E-state index contributed by atoms with van der Waals surface area (Å²) in [4.78, 5) is 4.92. The lowest BCUT2D eigenvalue weighted by Crippen LogP contribution is -2.45. The van der Waals surface area contributed by atoms with Crippen molar-refractivity contribution in [2.24, 2.45) is 11.3 Å². The van der Waals surface area contributed by atoms with Gasteiger partial charge in [0.1, 0.15) is 0 Å². The minimum absolute atomic E-state index is 0.372. The Hall–Kier alpha value is -2.74. The van der Waals surface area contributed by atoms with E-state index in [9.17, 15) is 0 Å². The normalized spacial score (nSPS) is 19.5. The summed E-state index contributed by atoms with van der Waals surface area (Å²) < 4.78 is 0. The number of piperazine rings is 1. The second-order valence-electron chi connectivity index (χ2n) is 10.3. The van der Waals surface area contributed by atoms with Gasteiger partial charge in [0.2, 0.25) is 0 Å². The van der Waals surface area contributed by atoms with Crippen LogP contribution in [0.5, 0.6) is 0 Å². The summed E-state index contributed by atoms with van der Waals surface area (Å²) in [6.07, 6.45) is 6.47. The molecule has 2 saturated carbocycles. The van der Waals surface area contributed by atoms with Crippen LogP contribution in [0.15, 0.2) is 74.0 Å². The molecule has 2 aromatic carbocycles. The van der Waals surface area contributed by atoms with Crippen LogP contribution >= 0.6 is 0 Å². The quantitative estimate of drug-likeness (QED) is 0.447. The molecule has 1 saturated heterocycles. The molecule has 2 heteroatoms. The van der Waals surface area contributed by atoms with E-state index >= 15 is 0 Å². The van der Waals surface area contributed by atoms with Crippen molar-refractivity contribution < 1.29 is 0 Å². The molecule has 0 spiro atoms. The van der Waals surface area contributed by atoms with Crippen LogP contribution in [0.25, 0.3) is 22.4 Å². The summed E-state index contributed by atoms with van der Waals surface area (Å²) in [6.45, 7) is 19.6. The van der Waals surface area contributed by atoms with Gasteiger partial charge in [0, 0.05) is 43.0 Å². The highest BCUT2D eigenvalue weighted by Gasteiger charge is 2.42. The molecular formula is C30H36N2. The van der Waals surface area contributed by atoms with Crippen molar-refractivity contribution in [2.45, 2.75) is 39.0 Å². The minimum Gasteiger partial charge on any atom is -0.371 e. The van der Waals surface area contributed by atoms with Crippen molar-refractivity contribution >= 4 is 11.3 Å². The SMILES string of the molecule is C=C(CC1CC1)c1cccc(-c2ccc(C(=C)N3CCN(C(=C)C4(C)CC4)CC3)cc2)c1. The highest BCUT2D eigenvalue weighted by atomic mass is 15.3. The second kappa shape index (κ2) is 8.31. The molecule has 0 amide bonds. The van der Waals surface area contributed by atoms with E-state index in [4.69, 9.17) is 0 Å². The van der Waals surface area contributed by atoms with Crippen LogP contribution in [0.1, 0.15) is 50.2 Å². The molecule has 32 heavy (non-hydrogen) atoms. The Morgan fingerprint density at radius 3 is 2.12 bits per heavy atom. The smallest absolute Gasteiger partial charge is 0.0368 e. The fourth-order valence-electron chi connectivity index (χ4n) is 4.85. The Bertz CT molecular complexity index is 1030. The van der Waals surface area contributed by atoms with Gasteiger partial charge in [-0.3, -0.25) is 0 Å². The first-order valence-corrected chi connectivity index (χ1v) is 12.2. The van der Waals surface area contributed by atoms with E-state index in [0.29, 0.717) is 5.41 Å². The fourth-order valence-corrected chi connectivity index (χ4v) is 4.85. The van der Waals surface area contributed by atoms with Crippen LogP contribution in [0.4, 0.5) is 0 Å². The van der Waals surface area contributed by atoms with Gasteiger partial charge < -0.3 is 9.80 Å². The van der Waals surface area contributed by atoms with E-state index in [2.05, 4.69) is 85.0 Å². The van der Waals surface area contributed by atoms with Gasteiger partial charge in [-0.05, 0) is 71.9 Å². The van der Waals surface area contributed by atoms with Gasteiger partial charge in [0.15, 0.2) is 0 Å². The molecule has 1 aliphatic heterocycles. The summed E-state index contributed by atoms with van der Waals surface area (Å²) in [5.41, 5.74) is 9.12. The largest absolute Gasteiger partial charge is 0.371 e. The summed E-state index contributed by atoms with van der Waals surface area (Å²) in [6, 6.07) is 17.8. The first kappa shape index (κ1) is 21.1. The molecule has 0 bridgehead atoms. The Kier molecular flexibility index (Phi) is 5.49. The molecule has 0 N–H and O–H groups in total. The van der Waals surface area contributed by atoms with Crippen LogP contribution in [-0.2, 0) is 0 Å². The Morgan fingerprint density at radius 1 is 0.844 bits per heavy atom. The zero-order chi connectivity index (χ0) is 22.3. The lowest BCUT2D eigenvalue weighted by Gasteiger charge is -2.40. The zero-order valence-electron chi connectivity index (χ0n) is 19.6. The number of benzene rings is 2. The van der Waals surface area contributed by atoms with Crippen molar-refractivity contribution in [1.29, 1.82) is 0 Å². The fraction of sp³-hybridized carbons (Fsp3) is 0.400. The third-order valence-corrected chi connectivity index (χ3v) is 7.79. The average Bonchev–Trinajstić information content (AvgIpc) is 3.77. The number of hydrogen-bond donors (Lipinski definition) is 0. The molecule has 2 nitrogen and oxygen atoms in total. The van der Waals surface area contributed by atoms with Crippen LogP contribution < -0.4 is 0 Å². The summed E-state index contributed by atoms with van der Waals surface area (Å²) in [7, 11) is 0. The Labute approximate surface area is 193 Å². The van der Waals surface area contributed by atoms with Crippen molar-refractivity contribution in [1.82, 2.24) is 9.80 Å². The number of hydrogen-bond acceptors (Lipinski definition) is 2. The Morgan fingerprint density at radius 2 is 1.50 bits per heavy atom. The van der Waals surface area contributed by atoms with Gasteiger partial charge in [0.05, 0.1) is 0 Å². The van der Waals surface area contributed by atoms with Crippen molar-refractivity contribution in [3.63, 3.8) is 0 Å². The third-order valence-electron chi connectivity index (χ3n) is 7.79. The predicted molar refractivity (Wildman–Crippen MR) is 137 cm³/mol. The maximum Gasteiger partial charge on any atom is 0.0368 e. The molecule has 166 valence electrons. The van der Waals surface area contributed by atoms with E-state index in [1.54, 1.807) is 0 Å². The van der Waals surface area contributed by atoms with E-state index < -0.39 is 0 Å². The first-order valence-electron chi connectivity index (χ1n) is 12.2. The molecule has 3 aliphatic rings. The van der Waals surface area contributed by atoms with Gasteiger partial charge >= 0.3 is 0 Å². The van der Waals surface area contributed by atoms with Crippen LogP contribution in [0.2, 0.25) is 0 Å². The topological polar surface area (TPSA) is 6.48 Å². The summed E-state index contributed by atoms with van der Waals surface area (Å²) >= 11 is 0. The van der Waals surface area contributed by atoms with E-state index in [1.165, 1.54) is 59.2 Å². The average molecular weight is 425 g/mol. The summed E-state index contributed by atoms with van der Waals surface area (Å²) in [5.74, 6) is 0.869. The van der Waals surface area contributed by atoms with Gasteiger partial charge in [-0.1, -0.05) is 69.1 Å². The zero-order valence-corrected chi connectivity index (χ0v) is 19.6. The highest BCUT2D eigenvalue weighted by Crippen LogP contribution is 2.51.